The molecule has 1 aromatic heterocycles. The molecular formula is C14H28N6O. The second-order valence-electron chi connectivity index (χ2n) is 5.42. The van der Waals surface area contributed by atoms with Gasteiger partial charge >= 0.3 is 0 Å². The molecule has 0 spiro atoms. The number of hydrogen-bond acceptors (Lipinski definition) is 7. The van der Waals surface area contributed by atoms with E-state index < -0.39 is 0 Å². The molecule has 0 aliphatic heterocycles. The van der Waals surface area contributed by atoms with Crippen LogP contribution in [0.2, 0.25) is 0 Å². The minimum absolute atomic E-state index is 0.232. The number of nitrogens with zero attached hydrogens (tertiary/aromatic N) is 5. The molecule has 0 fully saturated rings. The molecule has 0 saturated carbocycles. The van der Waals surface area contributed by atoms with E-state index in [-0.39, 0.29) is 6.10 Å². The molecule has 1 aromatic rings. The van der Waals surface area contributed by atoms with Crippen molar-refractivity contribution >= 4 is 17.8 Å². The molecule has 0 atom stereocenters. The number of ether oxygens (including phenoxy) is 1. The molecule has 0 unspecified atom stereocenters. The molecule has 0 saturated heterocycles. The maximum atomic E-state index is 5.57. The fourth-order valence-corrected chi connectivity index (χ4v) is 1.57. The molecule has 0 radical (unpaired) electrons. The van der Waals surface area contributed by atoms with Crippen molar-refractivity contribution in [1.82, 2.24) is 15.0 Å². The Labute approximate surface area is 127 Å². The van der Waals surface area contributed by atoms with Gasteiger partial charge in [0.15, 0.2) is 0 Å². The van der Waals surface area contributed by atoms with Crippen molar-refractivity contribution in [3.63, 3.8) is 0 Å². The minimum Gasteiger partial charge on any atom is -0.377 e. The fourth-order valence-electron chi connectivity index (χ4n) is 1.57. The topological polar surface area (TPSA) is 66.4 Å². The molecule has 1 heterocycles. The first kappa shape index (κ1) is 17.4. The fraction of sp³-hybridized carbons (Fsp3) is 0.786. The molecule has 1 rings (SSSR count). The predicted octanol–water partition coefficient (Wildman–Crippen LogP) is 1.62. The highest BCUT2D eigenvalue weighted by atomic mass is 16.5. The number of hydrogen-bond donors (Lipinski definition) is 1. The minimum atomic E-state index is 0.232. The van der Waals surface area contributed by atoms with E-state index in [2.05, 4.69) is 27.2 Å². The van der Waals surface area contributed by atoms with Crippen LogP contribution in [0.3, 0.4) is 0 Å². The van der Waals surface area contributed by atoms with Crippen LogP contribution in [0.5, 0.6) is 0 Å². The number of anilines is 3. The summed E-state index contributed by atoms with van der Waals surface area (Å²) in [5, 5.41) is 3.21. The summed E-state index contributed by atoms with van der Waals surface area (Å²) in [4.78, 5) is 17.2. The lowest BCUT2D eigenvalue weighted by Crippen LogP contribution is -2.27. The van der Waals surface area contributed by atoms with Crippen LogP contribution in [-0.4, -0.2) is 61.9 Å². The summed E-state index contributed by atoms with van der Waals surface area (Å²) in [5.74, 6) is 1.91. The third-order valence-corrected chi connectivity index (χ3v) is 2.76. The van der Waals surface area contributed by atoms with Gasteiger partial charge in [0.05, 0.1) is 12.7 Å². The molecule has 0 aliphatic carbocycles. The van der Waals surface area contributed by atoms with Crippen molar-refractivity contribution in [2.75, 3.05) is 56.0 Å². The summed E-state index contributed by atoms with van der Waals surface area (Å²) in [6.45, 7) is 8.39. The molecule has 0 aromatic carbocycles. The van der Waals surface area contributed by atoms with Crippen molar-refractivity contribution in [2.24, 2.45) is 0 Å². The lowest BCUT2D eigenvalue weighted by molar-refractivity contribution is 0.0844. The first-order chi connectivity index (χ1) is 9.93. The first-order valence-corrected chi connectivity index (χ1v) is 7.44. The number of nitrogens with one attached hydrogen (secondary N) is 1. The van der Waals surface area contributed by atoms with Crippen LogP contribution in [-0.2, 0) is 4.74 Å². The quantitative estimate of drug-likeness (QED) is 0.742. The van der Waals surface area contributed by atoms with Gasteiger partial charge in [-0.3, -0.25) is 0 Å². The van der Waals surface area contributed by atoms with E-state index in [1.807, 2.05) is 44.8 Å². The Morgan fingerprint density at radius 3 is 2.33 bits per heavy atom. The Kier molecular flexibility index (Phi) is 7.14. The van der Waals surface area contributed by atoms with Crippen LogP contribution in [0, 0.1) is 0 Å². The van der Waals surface area contributed by atoms with Gasteiger partial charge in [-0.15, -0.1) is 0 Å². The van der Waals surface area contributed by atoms with Crippen LogP contribution < -0.4 is 15.1 Å². The van der Waals surface area contributed by atoms with Gasteiger partial charge in [-0.05, 0) is 20.3 Å². The molecule has 1 N–H and O–H groups in total. The summed E-state index contributed by atoms with van der Waals surface area (Å²) in [7, 11) is 5.80. The average molecular weight is 296 g/mol. The van der Waals surface area contributed by atoms with E-state index in [1.165, 1.54) is 0 Å². The van der Waals surface area contributed by atoms with Crippen LogP contribution >= 0.6 is 0 Å². The van der Waals surface area contributed by atoms with E-state index >= 15 is 0 Å². The third kappa shape index (κ3) is 6.12. The zero-order chi connectivity index (χ0) is 15.8. The lowest BCUT2D eigenvalue weighted by atomic mass is 10.5. The second kappa shape index (κ2) is 8.61. The number of rotatable bonds is 9. The first-order valence-electron chi connectivity index (χ1n) is 7.44. The molecule has 0 aliphatic rings. The van der Waals surface area contributed by atoms with Gasteiger partial charge in [0.25, 0.3) is 0 Å². The van der Waals surface area contributed by atoms with E-state index in [0.717, 1.165) is 19.5 Å². The standard InChI is InChI=1S/C14H28N6O/c1-7-8-15-12-16-13(19(4)5)18-14(17-12)20(6)9-10-21-11(2)3/h11H,7-10H2,1-6H3,(H,15,16,17,18). The van der Waals surface area contributed by atoms with E-state index in [9.17, 15) is 0 Å². The molecule has 0 amide bonds. The Bertz CT molecular complexity index is 424. The van der Waals surface area contributed by atoms with E-state index in [1.54, 1.807) is 0 Å². The van der Waals surface area contributed by atoms with Crippen LogP contribution in [0.25, 0.3) is 0 Å². The molecule has 21 heavy (non-hydrogen) atoms. The van der Waals surface area contributed by atoms with Gasteiger partial charge in [-0.2, -0.15) is 15.0 Å². The number of likely N-dealkylation sites (N-methyl/N-ethyl adjacent to an activating group) is 1. The van der Waals surface area contributed by atoms with Crippen molar-refractivity contribution < 1.29 is 4.74 Å². The Balaban J connectivity index is 2.80. The summed E-state index contributed by atoms with van der Waals surface area (Å²) in [6, 6.07) is 0. The Hall–Kier alpha value is -1.63. The third-order valence-electron chi connectivity index (χ3n) is 2.76. The largest absolute Gasteiger partial charge is 0.377 e. The van der Waals surface area contributed by atoms with Gasteiger partial charge in [-0.25, -0.2) is 0 Å². The number of aromatic nitrogens is 3. The molecule has 0 bridgehead atoms. The van der Waals surface area contributed by atoms with Gasteiger partial charge in [-0.1, -0.05) is 6.92 Å². The van der Waals surface area contributed by atoms with Gasteiger partial charge in [0, 0.05) is 34.2 Å². The Morgan fingerprint density at radius 2 is 1.76 bits per heavy atom. The summed E-state index contributed by atoms with van der Waals surface area (Å²) in [6.07, 6.45) is 1.26. The molecular weight excluding hydrogens is 268 g/mol. The summed E-state index contributed by atoms with van der Waals surface area (Å²) >= 11 is 0. The lowest BCUT2D eigenvalue weighted by Gasteiger charge is -2.20. The molecule has 7 nitrogen and oxygen atoms in total. The highest BCUT2D eigenvalue weighted by molar-refractivity contribution is 5.44. The zero-order valence-corrected chi connectivity index (χ0v) is 14.1. The highest BCUT2D eigenvalue weighted by Crippen LogP contribution is 2.14. The second-order valence-corrected chi connectivity index (χ2v) is 5.42. The van der Waals surface area contributed by atoms with E-state index in [0.29, 0.717) is 24.5 Å². The maximum Gasteiger partial charge on any atom is 0.231 e. The highest BCUT2D eigenvalue weighted by Gasteiger charge is 2.11. The summed E-state index contributed by atoms with van der Waals surface area (Å²) in [5.41, 5.74) is 0. The molecule has 120 valence electrons. The van der Waals surface area contributed by atoms with Crippen LogP contribution in [0.15, 0.2) is 0 Å². The normalized spacial score (nSPS) is 10.8. The van der Waals surface area contributed by atoms with E-state index in [4.69, 9.17) is 4.74 Å². The van der Waals surface area contributed by atoms with Gasteiger partial charge in [0.2, 0.25) is 17.8 Å². The smallest absolute Gasteiger partial charge is 0.231 e. The van der Waals surface area contributed by atoms with Crippen molar-refractivity contribution in [3.05, 3.63) is 0 Å². The van der Waals surface area contributed by atoms with Crippen molar-refractivity contribution in [3.8, 4) is 0 Å². The molecule has 7 heteroatoms. The van der Waals surface area contributed by atoms with Crippen LogP contribution in [0.4, 0.5) is 17.8 Å². The maximum absolute atomic E-state index is 5.57. The monoisotopic (exact) mass is 296 g/mol. The zero-order valence-electron chi connectivity index (χ0n) is 14.1. The summed E-state index contributed by atoms with van der Waals surface area (Å²) < 4.78 is 5.57. The van der Waals surface area contributed by atoms with Gasteiger partial charge < -0.3 is 19.9 Å². The SMILES string of the molecule is CCCNc1nc(N(C)C)nc(N(C)CCOC(C)C)n1. The Morgan fingerprint density at radius 1 is 1.10 bits per heavy atom. The van der Waals surface area contributed by atoms with Crippen molar-refractivity contribution in [2.45, 2.75) is 33.3 Å². The predicted molar refractivity (Wildman–Crippen MR) is 87.3 cm³/mol. The van der Waals surface area contributed by atoms with Gasteiger partial charge in [0.1, 0.15) is 0 Å². The average Bonchev–Trinajstić information content (AvgIpc) is 2.44. The van der Waals surface area contributed by atoms with Crippen molar-refractivity contribution in [1.29, 1.82) is 0 Å². The van der Waals surface area contributed by atoms with Crippen LogP contribution in [0.1, 0.15) is 27.2 Å².